The molecule has 2 aromatic rings. The molecule has 4 rings (SSSR count). The van der Waals surface area contributed by atoms with Gasteiger partial charge in [-0.25, -0.2) is 14.2 Å². The normalized spacial score (nSPS) is 22.2. The summed E-state index contributed by atoms with van der Waals surface area (Å²) in [6, 6.07) is 5.02. The molecule has 2 atom stereocenters. The van der Waals surface area contributed by atoms with E-state index in [9.17, 15) is 27.2 Å². The van der Waals surface area contributed by atoms with Crippen LogP contribution in [0, 0.1) is 11.7 Å². The van der Waals surface area contributed by atoms with E-state index < -0.39 is 42.7 Å². The molecule has 1 unspecified atom stereocenters. The molecule has 1 saturated carbocycles. The first kappa shape index (κ1) is 29.5. The van der Waals surface area contributed by atoms with Crippen molar-refractivity contribution in [3.05, 3.63) is 47.4 Å². The number of halogens is 4. The van der Waals surface area contributed by atoms with Crippen LogP contribution >= 0.6 is 0 Å². The van der Waals surface area contributed by atoms with Gasteiger partial charge in [0, 0.05) is 12.2 Å². The largest absolute Gasteiger partial charge is 0.447 e. The molecule has 2 heterocycles. The van der Waals surface area contributed by atoms with E-state index in [2.05, 4.69) is 20.6 Å². The summed E-state index contributed by atoms with van der Waals surface area (Å²) in [7, 11) is 0. The third-order valence-corrected chi connectivity index (χ3v) is 7.14. The number of nitrogens with zero attached hydrogens (tertiary/aromatic N) is 3. The van der Waals surface area contributed by atoms with Gasteiger partial charge in [0.15, 0.2) is 0 Å². The summed E-state index contributed by atoms with van der Waals surface area (Å²) in [6.07, 6.45) is -2.19. The quantitative estimate of drug-likeness (QED) is 0.392. The van der Waals surface area contributed by atoms with Crippen LogP contribution in [-0.2, 0) is 9.47 Å². The Kier molecular flexibility index (Phi) is 9.12. The van der Waals surface area contributed by atoms with Crippen molar-refractivity contribution in [2.75, 3.05) is 23.4 Å². The number of carbonyl (C=O) groups is 2. The van der Waals surface area contributed by atoms with E-state index >= 15 is 0 Å². The lowest BCUT2D eigenvalue weighted by Gasteiger charge is -2.29. The number of carbonyl (C=O) groups excluding carboxylic acids is 2. The van der Waals surface area contributed by atoms with Crippen LogP contribution in [0.15, 0.2) is 30.5 Å². The molecule has 13 heteroatoms. The van der Waals surface area contributed by atoms with Crippen LogP contribution in [0.2, 0.25) is 0 Å². The Bertz CT molecular complexity index is 1200. The van der Waals surface area contributed by atoms with Crippen molar-refractivity contribution in [1.82, 2.24) is 15.3 Å². The Morgan fingerprint density at radius 3 is 2.55 bits per heavy atom. The van der Waals surface area contributed by atoms with Crippen LogP contribution in [0.1, 0.15) is 68.4 Å². The monoisotopic (exact) mass is 567 g/mol. The second kappa shape index (κ2) is 12.4. The van der Waals surface area contributed by atoms with Crippen LogP contribution in [-0.4, -0.2) is 59.5 Å². The number of nitrogens with one attached hydrogen (secondary N) is 2. The zero-order valence-corrected chi connectivity index (χ0v) is 22.5. The lowest BCUT2D eigenvalue weighted by atomic mass is 9.92. The Labute approximate surface area is 229 Å². The Balaban J connectivity index is 1.34. The fraction of sp³-hybridized carbons (Fsp3) is 0.556. The maximum Gasteiger partial charge on any atom is 0.415 e. The van der Waals surface area contributed by atoms with E-state index in [0.717, 1.165) is 0 Å². The maximum atomic E-state index is 15.0. The van der Waals surface area contributed by atoms with Crippen LogP contribution in [0.4, 0.5) is 34.1 Å². The van der Waals surface area contributed by atoms with Gasteiger partial charge in [0.1, 0.15) is 24.8 Å². The van der Waals surface area contributed by atoms with E-state index in [1.165, 1.54) is 23.2 Å². The van der Waals surface area contributed by atoms with Gasteiger partial charge in [-0.2, -0.15) is 18.2 Å². The molecule has 1 aromatic heterocycles. The van der Waals surface area contributed by atoms with E-state index in [1.54, 1.807) is 19.1 Å². The number of rotatable bonds is 9. The lowest BCUT2D eigenvalue weighted by molar-refractivity contribution is -0.188. The minimum Gasteiger partial charge on any atom is -0.447 e. The van der Waals surface area contributed by atoms with E-state index in [-0.39, 0.29) is 36.1 Å². The molecule has 0 bridgehead atoms. The number of cyclic esters (lactones) is 1. The number of alkyl halides is 3. The standard InChI is InChI=1S/C27H33F4N5O4/c1-15(2)22-13-39-26(38)36(22)23-10-11-32-25(35-23)33-16(3)17-4-9-20(21(28)12-17)24(37)34-18-5-7-19(8-6-18)40-14-27(29,30)31/h4,9-12,15-16,18-19,22H,5-8,13-14H2,1-3H3,(H,34,37)(H,32,33,35)/t16-,18?,19?,22?/m0/s1. The van der Waals surface area contributed by atoms with Crippen LogP contribution < -0.4 is 15.5 Å². The second-order valence-corrected chi connectivity index (χ2v) is 10.5. The molecule has 218 valence electrons. The molecule has 1 aliphatic carbocycles. The fourth-order valence-corrected chi connectivity index (χ4v) is 4.85. The molecule has 2 fully saturated rings. The Morgan fingerprint density at radius 1 is 1.18 bits per heavy atom. The van der Waals surface area contributed by atoms with Crippen molar-refractivity contribution >= 4 is 23.8 Å². The highest BCUT2D eigenvalue weighted by molar-refractivity contribution is 5.94. The van der Waals surface area contributed by atoms with Gasteiger partial charge in [-0.3, -0.25) is 9.69 Å². The van der Waals surface area contributed by atoms with Crippen LogP contribution in [0.5, 0.6) is 0 Å². The van der Waals surface area contributed by atoms with Crippen molar-refractivity contribution in [3.8, 4) is 0 Å². The zero-order valence-electron chi connectivity index (χ0n) is 22.5. The van der Waals surface area contributed by atoms with Gasteiger partial charge in [0.2, 0.25) is 5.95 Å². The van der Waals surface area contributed by atoms with Gasteiger partial charge >= 0.3 is 12.3 Å². The van der Waals surface area contributed by atoms with E-state index in [1.807, 2.05) is 13.8 Å². The van der Waals surface area contributed by atoms with Crippen LogP contribution in [0.25, 0.3) is 0 Å². The maximum absolute atomic E-state index is 15.0. The number of hydrogen-bond donors (Lipinski definition) is 2. The van der Waals surface area contributed by atoms with Crippen molar-refractivity contribution in [2.45, 2.75) is 76.9 Å². The minimum absolute atomic E-state index is 0.128. The van der Waals surface area contributed by atoms with Crippen molar-refractivity contribution < 1.29 is 36.6 Å². The van der Waals surface area contributed by atoms with Crippen molar-refractivity contribution in [1.29, 1.82) is 0 Å². The average Bonchev–Trinajstić information content (AvgIpc) is 3.29. The summed E-state index contributed by atoms with van der Waals surface area (Å²) >= 11 is 0. The molecule has 2 amide bonds. The predicted molar refractivity (Wildman–Crippen MR) is 138 cm³/mol. The number of amides is 2. The molecule has 2 N–H and O–H groups in total. The highest BCUT2D eigenvalue weighted by Gasteiger charge is 2.37. The van der Waals surface area contributed by atoms with Gasteiger partial charge in [-0.05, 0) is 62.3 Å². The van der Waals surface area contributed by atoms with Crippen LogP contribution in [0.3, 0.4) is 0 Å². The average molecular weight is 568 g/mol. The zero-order chi connectivity index (χ0) is 29.0. The number of ether oxygens (including phenoxy) is 2. The van der Waals surface area contributed by atoms with Gasteiger partial charge in [0.05, 0.1) is 23.8 Å². The summed E-state index contributed by atoms with van der Waals surface area (Å²) in [5, 5.41) is 5.87. The number of aromatic nitrogens is 2. The number of benzene rings is 1. The molecule has 0 spiro atoms. The first-order valence-electron chi connectivity index (χ1n) is 13.3. The topological polar surface area (TPSA) is 106 Å². The van der Waals surface area contributed by atoms with Crippen molar-refractivity contribution in [3.63, 3.8) is 0 Å². The fourth-order valence-electron chi connectivity index (χ4n) is 4.85. The molecule has 0 radical (unpaired) electrons. The van der Waals surface area contributed by atoms with Gasteiger partial charge in [0.25, 0.3) is 5.91 Å². The highest BCUT2D eigenvalue weighted by Crippen LogP contribution is 2.28. The Hall–Kier alpha value is -3.48. The number of anilines is 2. The molecular weight excluding hydrogens is 534 g/mol. The van der Waals surface area contributed by atoms with Crippen molar-refractivity contribution in [2.24, 2.45) is 5.92 Å². The van der Waals surface area contributed by atoms with Gasteiger partial charge in [-0.15, -0.1) is 0 Å². The summed E-state index contributed by atoms with van der Waals surface area (Å²) < 4.78 is 62.1. The number of hydrogen-bond acceptors (Lipinski definition) is 7. The first-order valence-corrected chi connectivity index (χ1v) is 13.3. The molecule has 9 nitrogen and oxygen atoms in total. The molecule has 2 aliphatic rings. The first-order chi connectivity index (χ1) is 18.9. The van der Waals surface area contributed by atoms with Gasteiger partial charge in [-0.1, -0.05) is 19.9 Å². The van der Waals surface area contributed by atoms with E-state index in [4.69, 9.17) is 9.47 Å². The smallest absolute Gasteiger partial charge is 0.415 e. The third-order valence-electron chi connectivity index (χ3n) is 7.14. The molecular formula is C27H33F4N5O4. The summed E-state index contributed by atoms with van der Waals surface area (Å²) in [5.41, 5.74) is 0.419. The third kappa shape index (κ3) is 7.38. The molecule has 1 aromatic carbocycles. The summed E-state index contributed by atoms with van der Waals surface area (Å²) in [5.74, 6) is -0.505. The molecule has 1 aliphatic heterocycles. The summed E-state index contributed by atoms with van der Waals surface area (Å²) in [6.45, 7) is 4.75. The summed E-state index contributed by atoms with van der Waals surface area (Å²) in [4.78, 5) is 35.1. The second-order valence-electron chi connectivity index (χ2n) is 10.5. The van der Waals surface area contributed by atoms with Gasteiger partial charge < -0.3 is 20.1 Å². The Morgan fingerprint density at radius 2 is 1.90 bits per heavy atom. The highest BCUT2D eigenvalue weighted by atomic mass is 19.4. The van der Waals surface area contributed by atoms with E-state index in [0.29, 0.717) is 37.1 Å². The lowest BCUT2D eigenvalue weighted by Crippen LogP contribution is -2.40. The minimum atomic E-state index is -4.38. The predicted octanol–water partition coefficient (Wildman–Crippen LogP) is 5.39. The SMILES string of the molecule is CC(C)C1COC(=O)N1c1ccnc(N[C@@H](C)c2ccc(C(=O)NC3CCC(OCC(F)(F)F)CC3)c(F)c2)n1. The molecule has 40 heavy (non-hydrogen) atoms. The molecule has 1 saturated heterocycles.